The van der Waals surface area contributed by atoms with Crippen molar-refractivity contribution in [2.24, 2.45) is 7.05 Å². The molecule has 0 fully saturated rings. The van der Waals surface area contributed by atoms with Crippen molar-refractivity contribution in [1.82, 2.24) is 23.9 Å². The lowest BCUT2D eigenvalue weighted by atomic mass is 9.84. The van der Waals surface area contributed by atoms with Crippen molar-refractivity contribution in [3.05, 3.63) is 83.0 Å². The molecular formula is C36H41N5O7S. The lowest BCUT2D eigenvalue weighted by Crippen LogP contribution is -2.35. The van der Waals surface area contributed by atoms with Gasteiger partial charge in [-0.2, -0.15) is 4.31 Å². The maximum atomic E-state index is 14.1. The first-order valence-corrected chi connectivity index (χ1v) is 17.7. The Hall–Kier alpha value is -4.75. The zero-order chi connectivity index (χ0) is 35.2. The van der Waals surface area contributed by atoms with E-state index >= 15 is 0 Å². The molecule has 2 atom stereocenters. The van der Waals surface area contributed by atoms with E-state index in [1.165, 1.54) is 8.87 Å². The van der Waals surface area contributed by atoms with E-state index in [0.29, 0.717) is 33.3 Å². The summed E-state index contributed by atoms with van der Waals surface area (Å²) in [7, 11) is -2.16. The molecule has 0 saturated carbocycles. The number of aryl methyl sites for hydroxylation is 2. The second-order valence-electron chi connectivity index (χ2n) is 13.4. The number of hydrogen-bond acceptors (Lipinski definition) is 9. The molecule has 258 valence electrons. The van der Waals surface area contributed by atoms with Gasteiger partial charge in [0.15, 0.2) is 0 Å². The molecule has 3 heterocycles. The molecule has 13 heteroatoms. The summed E-state index contributed by atoms with van der Waals surface area (Å²) >= 11 is 0. The number of nitrogens with zero attached hydrogens (tertiary/aromatic N) is 5. The summed E-state index contributed by atoms with van der Waals surface area (Å²) in [4.78, 5) is 26.8. The first-order chi connectivity index (χ1) is 23.2. The average Bonchev–Trinajstić information content (AvgIpc) is 3.61. The van der Waals surface area contributed by atoms with Crippen LogP contribution in [0.3, 0.4) is 0 Å². The Kier molecular flexibility index (Phi) is 9.01. The van der Waals surface area contributed by atoms with Gasteiger partial charge < -0.3 is 14.2 Å². The van der Waals surface area contributed by atoms with Crippen LogP contribution in [-0.4, -0.2) is 69.2 Å². The fraction of sp³-hybridized carbons (Fsp3) is 0.389. The highest BCUT2D eigenvalue weighted by Gasteiger charge is 2.34. The normalized spacial score (nSPS) is 16.9. The molecule has 12 nitrogen and oxygen atoms in total. The summed E-state index contributed by atoms with van der Waals surface area (Å²) in [6.45, 7) is 11.2. The van der Waals surface area contributed by atoms with E-state index in [9.17, 15) is 18.0 Å². The van der Waals surface area contributed by atoms with E-state index in [1.807, 2.05) is 45.2 Å². The number of benzene rings is 3. The zero-order valence-corrected chi connectivity index (χ0v) is 29.6. The number of aromatic nitrogens is 4. The van der Waals surface area contributed by atoms with E-state index in [-0.39, 0.29) is 31.0 Å². The van der Waals surface area contributed by atoms with Crippen LogP contribution in [0.25, 0.3) is 21.9 Å². The minimum atomic E-state index is -3.97. The zero-order valence-electron chi connectivity index (χ0n) is 28.8. The van der Waals surface area contributed by atoms with Crippen LogP contribution in [0, 0.1) is 6.92 Å². The number of carbonyl (C=O) groups excluding carboxylic acids is 2. The van der Waals surface area contributed by atoms with Gasteiger partial charge in [0.25, 0.3) is 0 Å². The fourth-order valence-electron chi connectivity index (χ4n) is 6.44. The quantitative estimate of drug-likeness (QED) is 0.187. The first-order valence-electron chi connectivity index (χ1n) is 16.3. The summed E-state index contributed by atoms with van der Waals surface area (Å²) in [5.74, 6) is -0.621. The van der Waals surface area contributed by atoms with Gasteiger partial charge in [0.1, 0.15) is 27.9 Å². The average molecular weight is 688 g/mol. The molecule has 1 aliphatic rings. The van der Waals surface area contributed by atoms with Crippen molar-refractivity contribution < 1.29 is 32.2 Å². The number of para-hydroxylation sites is 1. The lowest BCUT2D eigenvalue weighted by Gasteiger charge is -2.25. The number of ether oxygens (including phenoxy) is 3. The van der Waals surface area contributed by atoms with Crippen molar-refractivity contribution in [1.29, 1.82) is 0 Å². The molecule has 49 heavy (non-hydrogen) atoms. The SMILES string of the molecule is CCOC(=O)CC(c1cc(CN2C[C@@H](C)Oc3ccccc3S2(=O)=O)c2ccn(C(=O)OC(C)(C)C)c2c1)c1ccc2c(nnn2C)c1C. The highest BCUT2D eigenvalue weighted by Crippen LogP contribution is 2.38. The number of rotatable bonds is 7. The van der Waals surface area contributed by atoms with Gasteiger partial charge in [-0.05, 0) is 94.1 Å². The largest absolute Gasteiger partial charge is 0.488 e. The molecular weight excluding hydrogens is 646 g/mol. The van der Waals surface area contributed by atoms with Crippen LogP contribution in [-0.2, 0) is 37.9 Å². The number of esters is 1. The van der Waals surface area contributed by atoms with Gasteiger partial charge in [-0.25, -0.2) is 17.9 Å². The molecule has 1 aliphatic heterocycles. The molecule has 5 aromatic rings. The number of hydrogen-bond donors (Lipinski definition) is 0. The lowest BCUT2D eigenvalue weighted by molar-refractivity contribution is -0.143. The Bertz CT molecular complexity index is 2180. The maximum absolute atomic E-state index is 14.1. The standard InChI is InChI=1S/C36H41N5O7S/c1-8-46-33(42)19-28(26-13-14-29-34(23(26)3)37-38-39(29)7)24-17-25(27-15-16-41(30(27)18-24)35(43)48-36(4,5)6)21-40-20-22(2)47-31-11-9-10-12-32(31)49(40,44)45/h9-18,22,28H,8,19-21H2,1-7H3/t22-,28?/m1/s1. The third kappa shape index (κ3) is 6.64. The molecule has 6 rings (SSSR count). The van der Waals surface area contributed by atoms with Gasteiger partial charge in [0, 0.05) is 31.1 Å². The molecule has 0 N–H and O–H groups in total. The number of sulfonamides is 1. The van der Waals surface area contributed by atoms with Crippen molar-refractivity contribution in [3.8, 4) is 5.75 Å². The Morgan fingerprint density at radius 3 is 2.57 bits per heavy atom. The van der Waals surface area contributed by atoms with E-state index in [2.05, 4.69) is 10.3 Å². The molecule has 1 unspecified atom stereocenters. The molecule has 0 amide bonds. The summed E-state index contributed by atoms with van der Waals surface area (Å²) in [5.41, 5.74) is 4.34. The van der Waals surface area contributed by atoms with Crippen LogP contribution >= 0.6 is 0 Å². The predicted molar refractivity (Wildman–Crippen MR) is 184 cm³/mol. The second-order valence-corrected chi connectivity index (χ2v) is 15.3. The van der Waals surface area contributed by atoms with Gasteiger partial charge >= 0.3 is 12.1 Å². The molecule has 3 aromatic carbocycles. The van der Waals surface area contributed by atoms with E-state index in [0.717, 1.165) is 16.6 Å². The predicted octanol–water partition coefficient (Wildman–Crippen LogP) is 6.07. The molecule has 0 saturated heterocycles. The number of fused-ring (bicyclic) bond motifs is 3. The highest BCUT2D eigenvalue weighted by molar-refractivity contribution is 7.89. The van der Waals surface area contributed by atoms with Gasteiger partial charge in [0.2, 0.25) is 10.0 Å². The molecule has 0 aliphatic carbocycles. The maximum Gasteiger partial charge on any atom is 0.418 e. The summed E-state index contributed by atoms with van der Waals surface area (Å²) in [5, 5.41) is 9.23. The minimum Gasteiger partial charge on any atom is -0.488 e. The summed E-state index contributed by atoms with van der Waals surface area (Å²) in [6.07, 6.45) is 0.615. The molecule has 0 radical (unpaired) electrons. The van der Waals surface area contributed by atoms with E-state index in [4.69, 9.17) is 14.2 Å². The van der Waals surface area contributed by atoms with Crippen molar-refractivity contribution in [2.75, 3.05) is 13.2 Å². The van der Waals surface area contributed by atoms with Gasteiger partial charge in [-0.3, -0.25) is 9.36 Å². The van der Waals surface area contributed by atoms with Crippen molar-refractivity contribution >= 4 is 44.0 Å². The van der Waals surface area contributed by atoms with E-state index < -0.39 is 39.7 Å². The van der Waals surface area contributed by atoms with Crippen molar-refractivity contribution in [2.45, 2.75) is 77.0 Å². The summed E-state index contributed by atoms with van der Waals surface area (Å²) < 4.78 is 49.9. The second kappa shape index (κ2) is 12.9. The Labute approximate surface area is 285 Å². The van der Waals surface area contributed by atoms with Gasteiger partial charge in [-0.1, -0.05) is 29.5 Å². The third-order valence-electron chi connectivity index (χ3n) is 8.64. The van der Waals surface area contributed by atoms with Crippen molar-refractivity contribution in [3.63, 3.8) is 0 Å². The monoisotopic (exact) mass is 687 g/mol. The van der Waals surface area contributed by atoms with Crippen LogP contribution in [0.15, 0.2) is 65.7 Å². The third-order valence-corrected chi connectivity index (χ3v) is 10.5. The van der Waals surface area contributed by atoms with Crippen LogP contribution in [0.2, 0.25) is 0 Å². The Morgan fingerprint density at radius 1 is 1.08 bits per heavy atom. The van der Waals surface area contributed by atoms with Crippen LogP contribution in [0.4, 0.5) is 4.79 Å². The van der Waals surface area contributed by atoms with Gasteiger partial charge in [-0.15, -0.1) is 5.10 Å². The highest BCUT2D eigenvalue weighted by atomic mass is 32.2. The molecule has 2 aromatic heterocycles. The number of carbonyl (C=O) groups is 2. The fourth-order valence-corrected chi connectivity index (χ4v) is 8.06. The minimum absolute atomic E-state index is 0.00119. The van der Waals surface area contributed by atoms with Crippen LogP contribution in [0.1, 0.15) is 69.2 Å². The summed E-state index contributed by atoms with van der Waals surface area (Å²) in [6, 6.07) is 16.1. The smallest absolute Gasteiger partial charge is 0.418 e. The van der Waals surface area contributed by atoms with E-state index in [1.54, 1.807) is 68.9 Å². The van der Waals surface area contributed by atoms with Gasteiger partial charge in [0.05, 0.1) is 30.6 Å². The molecule has 0 bridgehead atoms. The Balaban J connectivity index is 1.55. The Morgan fingerprint density at radius 2 is 1.84 bits per heavy atom. The van der Waals surface area contributed by atoms with Crippen LogP contribution in [0.5, 0.6) is 5.75 Å². The first kappa shape index (κ1) is 34.1. The van der Waals surface area contributed by atoms with Crippen LogP contribution < -0.4 is 4.74 Å². The topological polar surface area (TPSA) is 135 Å². The molecule has 0 spiro atoms.